The van der Waals surface area contributed by atoms with Crippen LogP contribution >= 0.6 is 0 Å². The topological polar surface area (TPSA) is 49.3 Å². The van der Waals surface area contributed by atoms with E-state index in [0.717, 1.165) is 32.1 Å². The molecule has 0 fully saturated rings. The van der Waals surface area contributed by atoms with E-state index in [0.29, 0.717) is 13.0 Å². The second-order valence-electron chi connectivity index (χ2n) is 6.05. The van der Waals surface area contributed by atoms with Crippen molar-refractivity contribution in [2.24, 2.45) is 0 Å². The predicted octanol–water partition coefficient (Wildman–Crippen LogP) is 5.24. The van der Waals surface area contributed by atoms with Gasteiger partial charge in [-0.25, -0.2) is 0 Å². The molecule has 1 amide bonds. The molecule has 0 aliphatic carbocycles. The number of aliphatic hydroxyl groups excluding tert-OH is 1. The summed E-state index contributed by atoms with van der Waals surface area (Å²) in [5, 5.41) is 11.2. The Morgan fingerprint density at radius 1 is 0.800 bits per heavy atom. The first-order valence-corrected chi connectivity index (χ1v) is 9.78. The van der Waals surface area contributed by atoms with E-state index in [4.69, 9.17) is 5.11 Å². The number of rotatable bonds is 16. The molecule has 0 heterocycles. The van der Waals surface area contributed by atoms with E-state index in [2.05, 4.69) is 60.8 Å². The smallest absolute Gasteiger partial charge is 0.220 e. The molecule has 0 atom stereocenters. The summed E-state index contributed by atoms with van der Waals surface area (Å²) in [5.74, 6) is 0.0185. The lowest BCUT2D eigenvalue weighted by molar-refractivity contribution is -0.121. The van der Waals surface area contributed by atoms with Crippen molar-refractivity contribution >= 4 is 5.91 Å². The molecule has 0 aliphatic rings. The number of hydrogen-bond donors (Lipinski definition) is 2. The molecule has 0 rings (SSSR count). The zero-order valence-electron chi connectivity index (χ0n) is 16.0. The van der Waals surface area contributed by atoms with Crippen LogP contribution in [0.25, 0.3) is 0 Å². The Balaban J connectivity index is 3.44. The lowest BCUT2D eigenvalue weighted by Gasteiger charge is -2.00. The van der Waals surface area contributed by atoms with Crippen LogP contribution in [0.3, 0.4) is 0 Å². The highest BCUT2D eigenvalue weighted by atomic mass is 16.3. The van der Waals surface area contributed by atoms with Crippen LogP contribution in [0.1, 0.15) is 71.1 Å². The van der Waals surface area contributed by atoms with Crippen LogP contribution < -0.4 is 5.32 Å². The van der Waals surface area contributed by atoms with E-state index in [9.17, 15) is 4.79 Å². The minimum atomic E-state index is 0.00289. The lowest BCUT2D eigenvalue weighted by atomic mass is 10.2. The average Bonchev–Trinajstić information content (AvgIpc) is 2.62. The molecular weight excluding hydrogens is 312 g/mol. The van der Waals surface area contributed by atoms with Gasteiger partial charge < -0.3 is 10.4 Å². The molecule has 3 heteroatoms. The summed E-state index contributed by atoms with van der Waals surface area (Å²) >= 11 is 0. The van der Waals surface area contributed by atoms with Crippen molar-refractivity contribution in [1.29, 1.82) is 0 Å². The predicted molar refractivity (Wildman–Crippen MR) is 108 cm³/mol. The van der Waals surface area contributed by atoms with Gasteiger partial charge in [-0.1, -0.05) is 68.4 Å². The van der Waals surface area contributed by atoms with Crippen LogP contribution in [0.5, 0.6) is 0 Å². The van der Waals surface area contributed by atoms with Crippen molar-refractivity contribution in [3.05, 3.63) is 48.6 Å². The third-order valence-corrected chi connectivity index (χ3v) is 3.67. The Kier molecular flexibility index (Phi) is 19.1. The molecule has 0 aromatic heterocycles. The summed E-state index contributed by atoms with van der Waals surface area (Å²) in [7, 11) is 0. The Morgan fingerprint density at radius 2 is 1.32 bits per heavy atom. The van der Waals surface area contributed by atoms with Gasteiger partial charge >= 0.3 is 0 Å². The van der Waals surface area contributed by atoms with Gasteiger partial charge in [0.1, 0.15) is 0 Å². The zero-order valence-corrected chi connectivity index (χ0v) is 16.0. The molecule has 0 bridgehead atoms. The fourth-order valence-corrected chi connectivity index (χ4v) is 2.23. The number of amides is 1. The molecule has 0 aromatic carbocycles. The summed E-state index contributed by atoms with van der Waals surface area (Å²) in [4.78, 5) is 11.3. The van der Waals surface area contributed by atoms with Crippen molar-refractivity contribution in [2.45, 2.75) is 71.1 Å². The summed E-state index contributed by atoms with van der Waals surface area (Å²) < 4.78 is 0. The molecule has 0 aliphatic heterocycles. The van der Waals surface area contributed by atoms with Crippen molar-refractivity contribution in [3.8, 4) is 0 Å². The maximum atomic E-state index is 11.3. The highest BCUT2D eigenvalue weighted by molar-refractivity contribution is 5.75. The molecule has 25 heavy (non-hydrogen) atoms. The fourth-order valence-electron chi connectivity index (χ4n) is 2.23. The van der Waals surface area contributed by atoms with E-state index >= 15 is 0 Å². The SMILES string of the molecule is CCCCC/C=C\C/C=C\C/C=C\C/C=C\CCC[14C](=O)NCCO. The largest absolute Gasteiger partial charge is 0.395 e. The highest BCUT2D eigenvalue weighted by Crippen LogP contribution is 2.01. The first-order valence-electron chi connectivity index (χ1n) is 9.78. The maximum absolute atomic E-state index is 11.3. The van der Waals surface area contributed by atoms with Gasteiger partial charge in [-0.2, -0.15) is 0 Å². The molecule has 0 spiro atoms. The van der Waals surface area contributed by atoms with Crippen molar-refractivity contribution in [1.82, 2.24) is 5.32 Å². The first-order chi connectivity index (χ1) is 12.3. The summed E-state index contributed by atoms with van der Waals surface area (Å²) in [5.41, 5.74) is 0. The molecule has 0 saturated carbocycles. The summed E-state index contributed by atoms with van der Waals surface area (Å²) in [6.45, 7) is 2.59. The molecule has 3 nitrogen and oxygen atoms in total. The van der Waals surface area contributed by atoms with Gasteiger partial charge in [0.05, 0.1) is 6.61 Å². The Bertz CT molecular complexity index is 408. The van der Waals surface area contributed by atoms with Gasteiger partial charge in [0.25, 0.3) is 0 Å². The zero-order chi connectivity index (χ0) is 18.4. The van der Waals surface area contributed by atoms with E-state index < -0.39 is 0 Å². The van der Waals surface area contributed by atoms with Crippen LogP contribution in [0.2, 0.25) is 0 Å². The van der Waals surface area contributed by atoms with Gasteiger partial charge in [-0.05, 0) is 44.9 Å². The number of unbranched alkanes of at least 4 members (excludes halogenated alkanes) is 4. The molecule has 0 aromatic rings. The minimum Gasteiger partial charge on any atom is -0.395 e. The number of aliphatic hydroxyl groups is 1. The van der Waals surface area contributed by atoms with E-state index in [1.165, 1.54) is 25.7 Å². The third kappa shape index (κ3) is 20.3. The molecule has 0 radical (unpaired) electrons. The average molecular weight is 350 g/mol. The molecular formula is C22H37NO2. The van der Waals surface area contributed by atoms with E-state index in [1.807, 2.05) is 0 Å². The van der Waals surface area contributed by atoms with Crippen LogP contribution in [-0.4, -0.2) is 24.2 Å². The molecule has 2 N–H and O–H groups in total. The van der Waals surface area contributed by atoms with E-state index in [-0.39, 0.29) is 12.5 Å². The first kappa shape index (κ1) is 23.4. The Morgan fingerprint density at radius 3 is 1.84 bits per heavy atom. The molecule has 0 saturated heterocycles. The van der Waals surface area contributed by atoms with E-state index in [1.54, 1.807) is 0 Å². The number of hydrogen-bond acceptors (Lipinski definition) is 2. The van der Waals surface area contributed by atoms with Crippen molar-refractivity contribution in [2.75, 3.05) is 13.2 Å². The highest BCUT2D eigenvalue weighted by Gasteiger charge is 1.97. The second-order valence-corrected chi connectivity index (χ2v) is 6.05. The van der Waals surface area contributed by atoms with Crippen molar-refractivity contribution < 1.29 is 9.90 Å². The van der Waals surface area contributed by atoms with Gasteiger partial charge in [-0.15, -0.1) is 0 Å². The second kappa shape index (κ2) is 20.4. The normalized spacial score (nSPS) is 12.2. The van der Waals surface area contributed by atoms with Gasteiger partial charge in [0.15, 0.2) is 0 Å². The molecule has 0 unspecified atom stereocenters. The monoisotopic (exact) mass is 349 g/mol. The van der Waals surface area contributed by atoms with Crippen LogP contribution in [0.4, 0.5) is 0 Å². The van der Waals surface area contributed by atoms with Crippen LogP contribution in [-0.2, 0) is 4.79 Å². The van der Waals surface area contributed by atoms with Crippen LogP contribution in [0.15, 0.2) is 48.6 Å². The van der Waals surface area contributed by atoms with Crippen molar-refractivity contribution in [3.63, 3.8) is 0 Å². The Hall–Kier alpha value is -1.61. The van der Waals surface area contributed by atoms with Gasteiger partial charge in [0, 0.05) is 13.0 Å². The van der Waals surface area contributed by atoms with Gasteiger partial charge in [-0.3, -0.25) is 4.79 Å². The molecule has 142 valence electrons. The quantitative estimate of drug-likeness (QED) is 0.296. The van der Waals surface area contributed by atoms with Gasteiger partial charge in [0.2, 0.25) is 5.91 Å². The lowest BCUT2D eigenvalue weighted by Crippen LogP contribution is -2.25. The summed E-state index contributed by atoms with van der Waals surface area (Å²) in [6.07, 6.45) is 28.0. The fraction of sp³-hybridized carbons (Fsp3) is 0.591. The number of nitrogens with one attached hydrogen (secondary N) is 1. The number of carbonyl (C=O) groups excluding carboxylic acids is 1. The third-order valence-electron chi connectivity index (χ3n) is 3.67. The standard InChI is InChI=1S/C22H37NO2/c1-2-3-4-5-6-7-8-9-10-11-12-13-14-15-16-17-18-19-22(25)23-20-21-24/h6-7,9-10,12-13,15-16,24H,2-5,8,11,14,17-21H2,1H3,(H,23,25)/b7-6-,10-9-,13-12-,16-15-/i22+2. The minimum absolute atomic E-state index is 0.00289. The van der Waals surface area contributed by atoms with Crippen LogP contribution in [0, 0.1) is 0 Å². The number of allylic oxidation sites excluding steroid dienone is 8. The Labute approximate surface area is 154 Å². The number of carbonyl (C=O) groups is 1. The maximum Gasteiger partial charge on any atom is 0.220 e. The summed E-state index contributed by atoms with van der Waals surface area (Å²) in [6, 6.07) is 0.